The van der Waals surface area contributed by atoms with Crippen LogP contribution in [-0.4, -0.2) is 107 Å². The van der Waals surface area contributed by atoms with E-state index in [2.05, 4.69) is 29.5 Å². The summed E-state index contributed by atoms with van der Waals surface area (Å²) in [7, 11) is 0. The highest BCUT2D eigenvalue weighted by Gasteiger charge is 2.69. The van der Waals surface area contributed by atoms with Gasteiger partial charge in [0.1, 0.15) is 19.1 Å². The fourth-order valence-corrected chi connectivity index (χ4v) is 4.98. The maximum atomic E-state index is 15.2. The minimum absolute atomic E-state index is 0.0184. The Morgan fingerprint density at radius 2 is 1.32 bits per heavy atom. The van der Waals surface area contributed by atoms with Crippen LogP contribution in [0.2, 0.25) is 0 Å². The van der Waals surface area contributed by atoms with Gasteiger partial charge >= 0.3 is 36.2 Å². The Morgan fingerprint density at radius 3 is 1.83 bits per heavy atom. The Bertz CT molecular complexity index is 1450. The Balaban J connectivity index is 2.20. The van der Waals surface area contributed by atoms with Gasteiger partial charge in [-0.05, 0) is 18.1 Å². The molecule has 0 aliphatic carbocycles. The van der Waals surface area contributed by atoms with E-state index >= 15 is 13.2 Å². The molecule has 0 aromatic heterocycles. The first-order valence-corrected chi connectivity index (χ1v) is 15.7. The molecule has 5 atom stereocenters. The average Bonchev–Trinajstić information content (AvgIpc) is 3.13. The van der Waals surface area contributed by atoms with Gasteiger partial charge in [-0.2, -0.15) is 26.3 Å². The van der Waals surface area contributed by atoms with Gasteiger partial charge < -0.3 is 37.9 Å². The summed E-state index contributed by atoms with van der Waals surface area (Å²) in [6.07, 6.45) is -12.0. The highest BCUT2D eigenvalue weighted by molar-refractivity contribution is 6.06. The summed E-state index contributed by atoms with van der Waals surface area (Å²) >= 11 is 0. The number of esters is 2. The molecule has 0 bridgehead atoms. The van der Waals surface area contributed by atoms with Crippen LogP contribution in [0.15, 0.2) is 62.2 Å². The lowest BCUT2D eigenvalue weighted by molar-refractivity contribution is -0.319. The number of carbonyl (C=O) groups is 4. The van der Waals surface area contributed by atoms with Gasteiger partial charge in [-0.25, -0.2) is 29.0 Å². The molecule has 0 radical (unpaired) electrons. The summed E-state index contributed by atoms with van der Waals surface area (Å²) in [5.41, 5.74) is -10.0. The van der Waals surface area contributed by atoms with Crippen LogP contribution in [0.4, 0.5) is 26.3 Å². The van der Waals surface area contributed by atoms with Crippen molar-refractivity contribution in [2.75, 3.05) is 52.9 Å². The predicted molar refractivity (Wildman–Crippen MR) is 163 cm³/mol. The van der Waals surface area contributed by atoms with Gasteiger partial charge in [0.15, 0.2) is 12.6 Å². The van der Waals surface area contributed by atoms with Crippen molar-refractivity contribution >= 4 is 23.9 Å². The number of carbonyl (C=O) groups excluding carboxylic acids is 4. The smallest absolute Gasteiger partial charge is 0.416 e. The van der Waals surface area contributed by atoms with E-state index in [0.29, 0.717) is 18.2 Å². The van der Waals surface area contributed by atoms with E-state index in [1.165, 1.54) is 6.08 Å². The van der Waals surface area contributed by atoms with Gasteiger partial charge in [0.2, 0.25) is 0 Å². The maximum absolute atomic E-state index is 15.2. The second kappa shape index (κ2) is 19.1. The number of alkyl halides is 6. The fourth-order valence-electron chi connectivity index (χ4n) is 4.98. The molecule has 2 heterocycles. The van der Waals surface area contributed by atoms with Crippen LogP contribution >= 0.6 is 0 Å². The number of halogens is 6. The van der Waals surface area contributed by atoms with Crippen molar-refractivity contribution in [2.24, 2.45) is 0 Å². The summed E-state index contributed by atoms with van der Waals surface area (Å²) in [6.45, 7) is 7.38. The molecule has 1 aromatic rings. The standard InChI is InChI=1S/C33H36F6O14/c1-4-7-11-30(26(40)48-12-5-2,50-23-19-44-14-16-46-23)27(41)52-53-29(43)31(28(42)49-13-6-3,51-24-20-45-15-17-47-24)25(33(37,38)39)21-9-8-10-22(18-21)32(34,35)36/h4-6,8-10,18,23-25H,1-3,7,11-17,19-20H2. The summed E-state index contributed by atoms with van der Waals surface area (Å²) in [5, 5.41) is 0. The number of rotatable bonds is 17. The lowest BCUT2D eigenvalue weighted by Crippen LogP contribution is -2.62. The third-order valence-electron chi connectivity index (χ3n) is 7.33. The van der Waals surface area contributed by atoms with E-state index in [1.807, 2.05) is 0 Å². The van der Waals surface area contributed by atoms with E-state index < -0.39 is 103 Å². The van der Waals surface area contributed by atoms with Gasteiger partial charge in [-0.3, -0.25) is 0 Å². The van der Waals surface area contributed by atoms with Gasteiger partial charge in [-0.15, -0.1) is 6.58 Å². The van der Waals surface area contributed by atoms with Gasteiger partial charge in [-0.1, -0.05) is 49.6 Å². The highest BCUT2D eigenvalue weighted by Crippen LogP contribution is 2.48. The van der Waals surface area contributed by atoms with Crippen molar-refractivity contribution in [1.82, 2.24) is 0 Å². The summed E-state index contributed by atoms with van der Waals surface area (Å²) in [5.74, 6) is -11.7. The first-order chi connectivity index (χ1) is 25.1. The van der Waals surface area contributed by atoms with Gasteiger partial charge in [0.25, 0.3) is 11.2 Å². The Kier molecular flexibility index (Phi) is 15.5. The topological polar surface area (TPSA) is 161 Å². The van der Waals surface area contributed by atoms with Crippen molar-refractivity contribution in [3.63, 3.8) is 0 Å². The molecular formula is C33H36F6O14. The van der Waals surface area contributed by atoms with E-state index in [9.17, 15) is 32.3 Å². The zero-order chi connectivity index (χ0) is 39.3. The van der Waals surface area contributed by atoms with E-state index in [-0.39, 0.29) is 45.5 Å². The second-order valence-corrected chi connectivity index (χ2v) is 11.0. The van der Waals surface area contributed by atoms with E-state index in [0.717, 1.165) is 12.2 Å². The molecule has 2 saturated heterocycles. The zero-order valence-corrected chi connectivity index (χ0v) is 27.9. The van der Waals surface area contributed by atoms with Gasteiger partial charge in [0, 0.05) is 6.42 Å². The molecule has 5 unspecified atom stereocenters. The van der Waals surface area contributed by atoms with Crippen LogP contribution < -0.4 is 0 Å². The van der Waals surface area contributed by atoms with Gasteiger partial charge in [0.05, 0.1) is 45.2 Å². The highest BCUT2D eigenvalue weighted by atomic mass is 19.4. The molecule has 0 saturated carbocycles. The average molecular weight is 771 g/mol. The van der Waals surface area contributed by atoms with Crippen molar-refractivity contribution in [1.29, 1.82) is 0 Å². The molecule has 14 nitrogen and oxygen atoms in total. The zero-order valence-electron chi connectivity index (χ0n) is 27.9. The second-order valence-electron chi connectivity index (χ2n) is 11.0. The van der Waals surface area contributed by atoms with Crippen molar-refractivity contribution in [3.05, 3.63) is 73.4 Å². The summed E-state index contributed by atoms with van der Waals surface area (Å²) in [6, 6.07) is 1.56. The molecule has 2 aliphatic heterocycles. The Morgan fingerprint density at radius 1 is 0.755 bits per heavy atom. The first kappa shape index (κ1) is 43.1. The third-order valence-corrected chi connectivity index (χ3v) is 7.33. The molecule has 2 fully saturated rings. The molecule has 53 heavy (non-hydrogen) atoms. The fraction of sp³-hybridized carbons (Fsp3) is 0.515. The first-order valence-electron chi connectivity index (χ1n) is 15.7. The molecule has 0 N–H and O–H groups in total. The maximum Gasteiger partial charge on any atom is 0.416 e. The molecule has 1 aromatic carbocycles. The quantitative estimate of drug-likeness (QED) is 0.0558. The largest absolute Gasteiger partial charge is 0.459 e. The third kappa shape index (κ3) is 10.9. The lowest BCUT2D eigenvalue weighted by atomic mass is 9.80. The van der Waals surface area contributed by atoms with Crippen LogP contribution in [-0.2, 0) is 73.0 Å². The summed E-state index contributed by atoms with van der Waals surface area (Å²) in [4.78, 5) is 64.2. The molecule has 2 aliphatic rings. The number of ether oxygens (including phenoxy) is 8. The molecule has 3 rings (SSSR count). The number of benzene rings is 1. The monoisotopic (exact) mass is 770 g/mol. The summed E-state index contributed by atoms with van der Waals surface area (Å²) < 4.78 is 129. The normalized spacial score (nSPS) is 20.7. The Labute approximate surface area is 298 Å². The van der Waals surface area contributed by atoms with Crippen molar-refractivity contribution in [3.8, 4) is 0 Å². The van der Waals surface area contributed by atoms with Crippen molar-refractivity contribution < 1.29 is 93.2 Å². The predicted octanol–water partition coefficient (Wildman–Crippen LogP) is 4.03. The molecule has 0 spiro atoms. The molecule has 294 valence electrons. The Hall–Kier alpha value is -4.34. The van der Waals surface area contributed by atoms with E-state index in [1.54, 1.807) is 0 Å². The van der Waals surface area contributed by atoms with Crippen molar-refractivity contribution in [2.45, 2.75) is 54.9 Å². The minimum Gasteiger partial charge on any atom is -0.459 e. The van der Waals surface area contributed by atoms with Crippen LogP contribution in [0.5, 0.6) is 0 Å². The van der Waals surface area contributed by atoms with Crippen LogP contribution in [0.25, 0.3) is 0 Å². The molecule has 0 amide bonds. The molecular weight excluding hydrogens is 734 g/mol. The lowest BCUT2D eigenvalue weighted by Gasteiger charge is -2.39. The number of hydrogen-bond acceptors (Lipinski definition) is 14. The van der Waals surface area contributed by atoms with E-state index in [4.69, 9.17) is 37.9 Å². The minimum atomic E-state index is -5.82. The van der Waals surface area contributed by atoms with Crippen LogP contribution in [0.3, 0.4) is 0 Å². The molecule has 20 heteroatoms. The number of allylic oxidation sites excluding steroid dienone is 1. The van der Waals surface area contributed by atoms with Crippen LogP contribution in [0, 0.1) is 0 Å². The SMILES string of the molecule is C=CCCC(OC1COCCO1)(C(=O)OCC=C)C(=O)OOC(=O)C(OC1COCCO1)(C(=O)OCC=C)C(c1cccc(C(F)(F)F)c1)C(F)(F)F. The number of hydrogen-bond donors (Lipinski definition) is 0. The van der Waals surface area contributed by atoms with Crippen LogP contribution in [0.1, 0.15) is 29.9 Å².